The maximum Gasteiger partial charge on any atom is 0.252 e. The van der Waals surface area contributed by atoms with Gasteiger partial charge in [0.1, 0.15) is 5.75 Å². The summed E-state index contributed by atoms with van der Waals surface area (Å²) in [5.41, 5.74) is 12.9. The Bertz CT molecular complexity index is 592. The lowest BCUT2D eigenvalue weighted by atomic mass is 10.1. The molecule has 4 N–H and O–H groups in total. The van der Waals surface area contributed by atoms with Crippen molar-refractivity contribution in [1.82, 2.24) is 9.78 Å². The van der Waals surface area contributed by atoms with Crippen molar-refractivity contribution in [2.24, 2.45) is 12.8 Å². The van der Waals surface area contributed by atoms with Crippen LogP contribution in [0.2, 0.25) is 0 Å². The lowest BCUT2D eigenvalue weighted by Crippen LogP contribution is -2.14. The maximum atomic E-state index is 11.3. The number of nitrogens with two attached hydrogens (primary N) is 2. The van der Waals surface area contributed by atoms with E-state index in [1.807, 2.05) is 13.1 Å². The fourth-order valence-electron chi connectivity index (χ4n) is 1.77. The van der Waals surface area contributed by atoms with Crippen LogP contribution in [0.25, 0.3) is 0 Å². The number of primary amides is 1. The predicted molar refractivity (Wildman–Crippen MR) is 71.8 cm³/mol. The monoisotopic (exact) mass is 260 g/mol. The van der Waals surface area contributed by atoms with Gasteiger partial charge < -0.3 is 16.2 Å². The lowest BCUT2D eigenvalue weighted by molar-refractivity contribution is 0.0996. The number of anilines is 1. The lowest BCUT2D eigenvalue weighted by Gasteiger charge is -2.10. The molecule has 1 heterocycles. The Kier molecular flexibility index (Phi) is 3.70. The normalized spacial score (nSPS) is 10.4. The summed E-state index contributed by atoms with van der Waals surface area (Å²) in [4.78, 5) is 11.3. The zero-order valence-electron chi connectivity index (χ0n) is 10.7. The molecule has 0 unspecified atom stereocenters. The van der Waals surface area contributed by atoms with E-state index in [9.17, 15) is 4.79 Å². The maximum absolute atomic E-state index is 11.3. The van der Waals surface area contributed by atoms with Gasteiger partial charge in [0.25, 0.3) is 5.91 Å². The Balaban J connectivity index is 2.05. The number of rotatable bonds is 5. The quantitative estimate of drug-likeness (QED) is 0.774. The molecule has 0 bridgehead atoms. The summed E-state index contributed by atoms with van der Waals surface area (Å²) in [6, 6.07) is 6.70. The summed E-state index contributed by atoms with van der Waals surface area (Å²) < 4.78 is 7.36. The second kappa shape index (κ2) is 5.43. The SMILES string of the molecule is Cn1nccc1CCOc1cc(N)ccc1C(N)=O. The number of carbonyl (C=O) groups excluding carboxylic acids is 1. The number of ether oxygens (including phenoxy) is 1. The van der Waals surface area contributed by atoms with E-state index in [2.05, 4.69) is 5.10 Å². The first-order valence-corrected chi connectivity index (χ1v) is 5.87. The third-order valence-corrected chi connectivity index (χ3v) is 2.81. The van der Waals surface area contributed by atoms with Crippen LogP contribution in [0.4, 0.5) is 5.69 Å². The molecule has 0 aliphatic carbocycles. The average molecular weight is 260 g/mol. The van der Waals surface area contributed by atoms with E-state index < -0.39 is 5.91 Å². The highest BCUT2D eigenvalue weighted by Gasteiger charge is 2.10. The number of carbonyl (C=O) groups is 1. The zero-order chi connectivity index (χ0) is 13.8. The molecule has 0 spiro atoms. The van der Waals surface area contributed by atoms with E-state index in [0.717, 1.165) is 5.69 Å². The molecule has 0 fully saturated rings. The summed E-state index contributed by atoms with van der Waals surface area (Å²) in [5, 5.41) is 4.07. The molecule has 6 heteroatoms. The van der Waals surface area contributed by atoms with E-state index in [4.69, 9.17) is 16.2 Å². The van der Waals surface area contributed by atoms with Crippen molar-refractivity contribution in [3.63, 3.8) is 0 Å². The Labute approximate surface area is 111 Å². The van der Waals surface area contributed by atoms with Crippen molar-refractivity contribution in [2.75, 3.05) is 12.3 Å². The summed E-state index contributed by atoms with van der Waals surface area (Å²) in [7, 11) is 1.87. The molecule has 0 saturated heterocycles. The minimum atomic E-state index is -0.532. The molecule has 1 aromatic carbocycles. The van der Waals surface area contributed by atoms with Gasteiger partial charge in [-0.05, 0) is 18.2 Å². The number of amides is 1. The summed E-state index contributed by atoms with van der Waals surface area (Å²) in [6.07, 6.45) is 2.41. The highest BCUT2D eigenvalue weighted by atomic mass is 16.5. The standard InChI is InChI=1S/C13H16N4O2/c1-17-10(4-6-16-17)5-7-19-12-8-9(14)2-3-11(12)13(15)18/h2-4,6,8H,5,7,14H2,1H3,(H2,15,18). The van der Waals surface area contributed by atoms with Gasteiger partial charge in [0.05, 0.1) is 12.2 Å². The molecule has 0 saturated carbocycles. The third kappa shape index (κ3) is 3.04. The smallest absolute Gasteiger partial charge is 0.252 e. The van der Waals surface area contributed by atoms with Crippen molar-refractivity contribution in [3.05, 3.63) is 41.7 Å². The molecule has 19 heavy (non-hydrogen) atoms. The highest BCUT2D eigenvalue weighted by molar-refractivity contribution is 5.96. The van der Waals surface area contributed by atoms with Crippen molar-refractivity contribution in [2.45, 2.75) is 6.42 Å². The Morgan fingerprint density at radius 3 is 2.84 bits per heavy atom. The molecule has 2 aromatic rings. The predicted octanol–water partition coefficient (Wildman–Crippen LogP) is 0.723. The molecule has 100 valence electrons. The summed E-state index contributed by atoms with van der Waals surface area (Å²) >= 11 is 0. The molecular weight excluding hydrogens is 244 g/mol. The van der Waals surface area contributed by atoms with Crippen LogP contribution in [0.1, 0.15) is 16.1 Å². The van der Waals surface area contributed by atoms with E-state index >= 15 is 0 Å². The van der Waals surface area contributed by atoms with E-state index in [1.54, 1.807) is 29.1 Å². The fraction of sp³-hybridized carbons (Fsp3) is 0.231. The van der Waals surface area contributed by atoms with Gasteiger partial charge in [-0.3, -0.25) is 9.48 Å². The van der Waals surface area contributed by atoms with E-state index in [1.165, 1.54) is 0 Å². The third-order valence-electron chi connectivity index (χ3n) is 2.81. The molecule has 6 nitrogen and oxygen atoms in total. The fourth-order valence-corrected chi connectivity index (χ4v) is 1.77. The van der Waals surface area contributed by atoms with Crippen LogP contribution in [0.3, 0.4) is 0 Å². The molecule has 0 atom stereocenters. The number of hydrogen-bond acceptors (Lipinski definition) is 4. The molecule has 0 radical (unpaired) electrons. The summed E-state index contributed by atoms with van der Waals surface area (Å²) in [6.45, 7) is 0.420. The van der Waals surface area contributed by atoms with Gasteiger partial charge in [0.2, 0.25) is 0 Å². The van der Waals surface area contributed by atoms with Crippen LogP contribution in [0.15, 0.2) is 30.5 Å². The summed E-state index contributed by atoms with van der Waals surface area (Å²) in [5.74, 6) is -0.120. The number of nitrogen functional groups attached to an aromatic ring is 1. The van der Waals surface area contributed by atoms with Gasteiger partial charge in [0.15, 0.2) is 0 Å². The van der Waals surface area contributed by atoms with Gasteiger partial charge in [0, 0.05) is 37.1 Å². The first-order valence-electron chi connectivity index (χ1n) is 5.87. The second-order valence-electron chi connectivity index (χ2n) is 4.16. The van der Waals surface area contributed by atoms with Crippen molar-refractivity contribution in [3.8, 4) is 5.75 Å². The average Bonchev–Trinajstić information content (AvgIpc) is 2.75. The molecule has 0 aliphatic rings. The molecule has 1 aromatic heterocycles. The van der Waals surface area contributed by atoms with Crippen LogP contribution >= 0.6 is 0 Å². The minimum Gasteiger partial charge on any atom is -0.492 e. The zero-order valence-corrected chi connectivity index (χ0v) is 10.7. The first-order chi connectivity index (χ1) is 9.08. The van der Waals surface area contributed by atoms with Gasteiger partial charge in [-0.1, -0.05) is 0 Å². The topological polar surface area (TPSA) is 96.2 Å². The van der Waals surface area contributed by atoms with Crippen LogP contribution in [0, 0.1) is 0 Å². The second-order valence-corrected chi connectivity index (χ2v) is 4.16. The molecular formula is C13H16N4O2. The van der Waals surface area contributed by atoms with Crippen molar-refractivity contribution >= 4 is 11.6 Å². The highest BCUT2D eigenvalue weighted by Crippen LogP contribution is 2.21. The van der Waals surface area contributed by atoms with Gasteiger partial charge in [-0.25, -0.2) is 0 Å². The number of benzene rings is 1. The number of aryl methyl sites for hydroxylation is 1. The first kappa shape index (κ1) is 12.9. The van der Waals surface area contributed by atoms with Crippen molar-refractivity contribution in [1.29, 1.82) is 0 Å². The molecule has 2 rings (SSSR count). The van der Waals surface area contributed by atoms with Gasteiger partial charge in [-0.15, -0.1) is 0 Å². The van der Waals surface area contributed by atoms with E-state index in [-0.39, 0.29) is 0 Å². The molecule has 0 aliphatic heterocycles. The van der Waals surface area contributed by atoms with E-state index in [0.29, 0.717) is 30.0 Å². The van der Waals surface area contributed by atoms with Crippen LogP contribution in [0.5, 0.6) is 5.75 Å². The Morgan fingerprint density at radius 1 is 1.42 bits per heavy atom. The van der Waals surface area contributed by atoms with Crippen LogP contribution in [-0.2, 0) is 13.5 Å². The van der Waals surface area contributed by atoms with Gasteiger partial charge in [-0.2, -0.15) is 5.10 Å². The number of nitrogens with zero attached hydrogens (tertiary/aromatic N) is 2. The largest absolute Gasteiger partial charge is 0.492 e. The van der Waals surface area contributed by atoms with Crippen LogP contribution < -0.4 is 16.2 Å². The molecule has 1 amide bonds. The van der Waals surface area contributed by atoms with Crippen molar-refractivity contribution < 1.29 is 9.53 Å². The number of hydrogen-bond donors (Lipinski definition) is 2. The Hall–Kier alpha value is -2.50. The minimum absolute atomic E-state index is 0.333. The van der Waals surface area contributed by atoms with Gasteiger partial charge >= 0.3 is 0 Å². The van der Waals surface area contributed by atoms with Crippen LogP contribution in [-0.4, -0.2) is 22.3 Å². The Morgan fingerprint density at radius 2 is 2.21 bits per heavy atom. The number of aromatic nitrogens is 2.